The van der Waals surface area contributed by atoms with E-state index in [-0.39, 0.29) is 30.1 Å². The fraction of sp³-hybridized carbons (Fsp3) is 0.611. The molecule has 1 aliphatic carbocycles. The van der Waals surface area contributed by atoms with Crippen molar-refractivity contribution in [3.8, 4) is 0 Å². The van der Waals surface area contributed by atoms with E-state index in [1.165, 1.54) is 6.26 Å². The third-order valence-electron chi connectivity index (χ3n) is 4.06. The molecule has 0 saturated carbocycles. The van der Waals surface area contributed by atoms with Crippen molar-refractivity contribution >= 4 is 17.8 Å². The van der Waals surface area contributed by atoms with Crippen LogP contribution in [-0.2, 0) is 15.9 Å². The number of Topliss-reactive ketones (excluding diaryl/α,β-unsaturated/α-hetero) is 1. The number of rotatable bonds is 4. The number of esters is 1. The molecule has 1 aromatic rings. The fourth-order valence-electron chi connectivity index (χ4n) is 2.74. The van der Waals surface area contributed by atoms with Crippen molar-refractivity contribution in [2.75, 3.05) is 13.2 Å². The zero-order valence-corrected chi connectivity index (χ0v) is 15.4. The zero-order valence-electron chi connectivity index (χ0n) is 15.4. The van der Waals surface area contributed by atoms with E-state index >= 15 is 0 Å². The lowest BCUT2D eigenvalue weighted by molar-refractivity contribution is 0.0480. The number of aryl methyl sites for hydroxylation is 1. The second-order valence-corrected chi connectivity index (χ2v) is 7.41. The molecule has 0 aromatic carbocycles. The average molecular weight is 351 g/mol. The van der Waals surface area contributed by atoms with E-state index in [1.54, 1.807) is 34.6 Å². The molecule has 0 aliphatic heterocycles. The van der Waals surface area contributed by atoms with Crippen LogP contribution in [0, 0.1) is 5.41 Å². The molecule has 0 fully saturated rings. The quantitative estimate of drug-likeness (QED) is 0.838. The molecule has 1 amide bonds. The summed E-state index contributed by atoms with van der Waals surface area (Å²) in [6, 6.07) is 0. The molecule has 138 valence electrons. The standard InChI is InChI=1S/C18H25NO6/c1-6-23-15(21)11-9-24-12-7-8-18(5,14(20)13(11)12)10-19-16(22)25-17(2,3)4/h9H,6-8,10H2,1-5H3,(H,19,22). The van der Waals surface area contributed by atoms with Gasteiger partial charge in [-0.2, -0.15) is 0 Å². The summed E-state index contributed by atoms with van der Waals surface area (Å²) in [6.45, 7) is 9.09. The second-order valence-electron chi connectivity index (χ2n) is 7.41. The van der Waals surface area contributed by atoms with Crippen molar-refractivity contribution in [3.05, 3.63) is 23.2 Å². The predicted octanol–water partition coefficient (Wildman–Crippen LogP) is 3.12. The molecule has 1 N–H and O–H groups in total. The van der Waals surface area contributed by atoms with E-state index in [0.717, 1.165) is 0 Å². The van der Waals surface area contributed by atoms with Crippen LogP contribution in [0.1, 0.15) is 67.5 Å². The summed E-state index contributed by atoms with van der Waals surface area (Å²) in [6.07, 6.45) is 1.70. The Morgan fingerprint density at radius 1 is 1.36 bits per heavy atom. The summed E-state index contributed by atoms with van der Waals surface area (Å²) in [5.41, 5.74) is -1.05. The van der Waals surface area contributed by atoms with Crippen molar-refractivity contribution in [2.24, 2.45) is 5.41 Å². The first-order valence-electron chi connectivity index (χ1n) is 8.36. The van der Waals surface area contributed by atoms with Crippen LogP contribution >= 0.6 is 0 Å². The molecular formula is C18H25NO6. The molecule has 1 unspecified atom stereocenters. The number of ketones is 1. The van der Waals surface area contributed by atoms with Crippen LogP contribution in [0.2, 0.25) is 0 Å². The molecule has 0 spiro atoms. The number of carbonyl (C=O) groups excluding carboxylic acids is 3. The van der Waals surface area contributed by atoms with Gasteiger partial charge in [-0.3, -0.25) is 4.79 Å². The largest absolute Gasteiger partial charge is 0.468 e. The molecule has 1 aliphatic rings. The summed E-state index contributed by atoms with van der Waals surface area (Å²) < 4.78 is 15.6. The maximum Gasteiger partial charge on any atom is 0.407 e. The Balaban J connectivity index is 2.15. The minimum atomic E-state index is -0.838. The molecule has 1 aromatic heterocycles. The number of hydrogen-bond acceptors (Lipinski definition) is 6. The average Bonchev–Trinajstić information content (AvgIpc) is 2.92. The number of furan rings is 1. The zero-order chi connectivity index (χ0) is 18.8. The number of amides is 1. The van der Waals surface area contributed by atoms with Gasteiger partial charge in [0.1, 0.15) is 23.2 Å². The van der Waals surface area contributed by atoms with Gasteiger partial charge < -0.3 is 19.2 Å². The molecule has 0 radical (unpaired) electrons. The van der Waals surface area contributed by atoms with Gasteiger partial charge in [0.2, 0.25) is 0 Å². The maximum absolute atomic E-state index is 13.0. The molecule has 0 saturated heterocycles. The van der Waals surface area contributed by atoms with Gasteiger partial charge in [0.15, 0.2) is 5.78 Å². The highest BCUT2D eigenvalue weighted by atomic mass is 16.6. The lowest BCUT2D eigenvalue weighted by Crippen LogP contribution is -2.45. The van der Waals surface area contributed by atoms with Gasteiger partial charge in [0.25, 0.3) is 0 Å². The topological polar surface area (TPSA) is 94.8 Å². The Morgan fingerprint density at radius 3 is 2.64 bits per heavy atom. The molecule has 25 heavy (non-hydrogen) atoms. The number of hydrogen-bond donors (Lipinski definition) is 1. The smallest absolute Gasteiger partial charge is 0.407 e. The lowest BCUT2D eigenvalue weighted by atomic mass is 9.73. The second kappa shape index (κ2) is 6.90. The van der Waals surface area contributed by atoms with Gasteiger partial charge in [-0.15, -0.1) is 0 Å². The highest BCUT2D eigenvalue weighted by molar-refractivity contribution is 6.10. The SMILES string of the molecule is CCOC(=O)c1coc2c1C(=O)C(C)(CNC(=O)OC(C)(C)C)CC2. The Bertz CT molecular complexity index is 684. The van der Waals surface area contributed by atoms with Gasteiger partial charge in [0.05, 0.1) is 12.2 Å². The summed E-state index contributed by atoms with van der Waals surface area (Å²) in [7, 11) is 0. The van der Waals surface area contributed by atoms with E-state index in [2.05, 4.69) is 5.32 Å². The summed E-state index contributed by atoms with van der Waals surface area (Å²) in [4.78, 5) is 36.9. The molecule has 0 bridgehead atoms. The first kappa shape index (κ1) is 19.0. The third-order valence-corrected chi connectivity index (χ3v) is 4.06. The van der Waals surface area contributed by atoms with E-state index < -0.39 is 23.1 Å². The monoisotopic (exact) mass is 351 g/mol. The normalized spacial score (nSPS) is 20.0. The highest BCUT2D eigenvalue weighted by Crippen LogP contribution is 2.37. The minimum Gasteiger partial charge on any atom is -0.468 e. The van der Waals surface area contributed by atoms with E-state index in [9.17, 15) is 14.4 Å². The van der Waals surface area contributed by atoms with Gasteiger partial charge in [-0.1, -0.05) is 6.92 Å². The van der Waals surface area contributed by atoms with Crippen LogP contribution in [0.15, 0.2) is 10.7 Å². The number of alkyl carbamates (subject to hydrolysis) is 1. The molecule has 7 nitrogen and oxygen atoms in total. The first-order chi connectivity index (χ1) is 11.6. The van der Waals surface area contributed by atoms with Crippen molar-refractivity contribution in [2.45, 2.75) is 53.1 Å². The van der Waals surface area contributed by atoms with Crippen LogP contribution in [0.4, 0.5) is 4.79 Å². The maximum atomic E-state index is 13.0. The Labute approximate surface area is 147 Å². The molecular weight excluding hydrogens is 326 g/mol. The summed E-state index contributed by atoms with van der Waals surface area (Å²) in [5, 5.41) is 2.65. The Hall–Kier alpha value is -2.31. The number of ether oxygens (including phenoxy) is 2. The van der Waals surface area contributed by atoms with E-state index in [4.69, 9.17) is 13.9 Å². The Kier molecular flexibility index (Phi) is 5.25. The highest BCUT2D eigenvalue weighted by Gasteiger charge is 2.43. The van der Waals surface area contributed by atoms with Crippen LogP contribution < -0.4 is 5.32 Å². The van der Waals surface area contributed by atoms with E-state index in [1.807, 2.05) is 0 Å². The number of carbonyl (C=O) groups is 3. The van der Waals surface area contributed by atoms with Crippen LogP contribution in [0.25, 0.3) is 0 Å². The molecule has 1 heterocycles. The van der Waals surface area contributed by atoms with Crippen molar-refractivity contribution in [1.29, 1.82) is 0 Å². The number of nitrogens with one attached hydrogen (secondary N) is 1. The van der Waals surface area contributed by atoms with Gasteiger partial charge in [-0.05, 0) is 34.1 Å². The molecule has 1 atom stereocenters. The van der Waals surface area contributed by atoms with Crippen molar-refractivity contribution < 1.29 is 28.3 Å². The third kappa shape index (κ3) is 4.21. The number of fused-ring (bicyclic) bond motifs is 1. The Morgan fingerprint density at radius 2 is 2.04 bits per heavy atom. The molecule has 7 heteroatoms. The predicted molar refractivity (Wildman–Crippen MR) is 89.7 cm³/mol. The summed E-state index contributed by atoms with van der Waals surface area (Å²) >= 11 is 0. The van der Waals surface area contributed by atoms with Gasteiger partial charge in [0, 0.05) is 18.4 Å². The fourth-order valence-corrected chi connectivity index (χ4v) is 2.74. The van der Waals surface area contributed by atoms with Crippen LogP contribution in [0.3, 0.4) is 0 Å². The van der Waals surface area contributed by atoms with Gasteiger partial charge in [-0.25, -0.2) is 9.59 Å². The van der Waals surface area contributed by atoms with Crippen molar-refractivity contribution in [1.82, 2.24) is 5.32 Å². The minimum absolute atomic E-state index is 0.119. The lowest BCUT2D eigenvalue weighted by Gasteiger charge is -2.32. The van der Waals surface area contributed by atoms with Gasteiger partial charge >= 0.3 is 12.1 Å². The van der Waals surface area contributed by atoms with Crippen LogP contribution in [0.5, 0.6) is 0 Å². The first-order valence-corrected chi connectivity index (χ1v) is 8.36. The molecule has 2 rings (SSSR count). The van der Waals surface area contributed by atoms with Crippen LogP contribution in [-0.4, -0.2) is 36.6 Å². The summed E-state index contributed by atoms with van der Waals surface area (Å²) in [5.74, 6) is -0.324. The van der Waals surface area contributed by atoms with Crippen molar-refractivity contribution in [3.63, 3.8) is 0 Å². The van der Waals surface area contributed by atoms with E-state index in [0.29, 0.717) is 18.6 Å².